The number of amides is 1. The number of hydrogen-bond donors (Lipinski definition) is 2. The van der Waals surface area contributed by atoms with Crippen LogP contribution in [0.3, 0.4) is 0 Å². The van der Waals surface area contributed by atoms with Crippen LogP contribution in [-0.2, 0) is 14.8 Å². The molecule has 0 fully saturated rings. The van der Waals surface area contributed by atoms with Crippen LogP contribution in [0.4, 0.5) is 5.00 Å². The number of nitrogens with one attached hydrogen (secondary N) is 1. The van der Waals surface area contributed by atoms with Gasteiger partial charge in [-0.3, -0.25) is 4.79 Å². The minimum absolute atomic E-state index is 0.00261. The molecular weight excluding hydrogens is 484 g/mol. The number of primary sulfonamides is 1. The second kappa shape index (κ2) is 9.68. The van der Waals surface area contributed by atoms with Gasteiger partial charge in [-0.1, -0.05) is 41.2 Å². The van der Waals surface area contributed by atoms with Crippen LogP contribution in [0.1, 0.15) is 23.3 Å². The van der Waals surface area contributed by atoms with Crippen LogP contribution in [0, 0.1) is 18.3 Å². The Morgan fingerprint density at radius 2 is 1.74 bits per heavy atom. The Kier molecular flexibility index (Phi) is 6.66. The smallest absolute Gasteiger partial charge is 0.238 e. The fraction of sp³-hybridized carbons (Fsp3) is 0.0800. The highest BCUT2D eigenvalue weighted by Crippen LogP contribution is 2.37. The van der Waals surface area contributed by atoms with Gasteiger partial charge in [0.2, 0.25) is 15.9 Å². The number of aryl methyl sites for hydroxylation is 1. The summed E-state index contributed by atoms with van der Waals surface area (Å²) in [5.74, 6) is 0.674. The first-order chi connectivity index (χ1) is 16.6. The van der Waals surface area contributed by atoms with Gasteiger partial charge in [-0.25, -0.2) is 18.5 Å². The van der Waals surface area contributed by atoms with Gasteiger partial charge in [0.25, 0.3) is 0 Å². The van der Waals surface area contributed by atoms with E-state index in [4.69, 9.17) is 9.56 Å². The van der Waals surface area contributed by atoms with E-state index in [1.165, 1.54) is 30.4 Å². The highest BCUT2D eigenvalue weighted by Gasteiger charge is 2.18. The summed E-state index contributed by atoms with van der Waals surface area (Å²) in [6, 6.07) is 19.3. The van der Waals surface area contributed by atoms with Crippen molar-refractivity contribution in [3.8, 4) is 28.7 Å². The maximum Gasteiger partial charge on any atom is 0.238 e. The van der Waals surface area contributed by atoms with Crippen molar-refractivity contribution in [1.29, 1.82) is 5.26 Å². The largest absolute Gasteiger partial charge is 0.457 e. The molecule has 35 heavy (non-hydrogen) atoms. The molecule has 2 aromatic heterocycles. The number of rotatable bonds is 6. The number of anilines is 1. The molecule has 3 N–H and O–H groups in total. The lowest BCUT2D eigenvalue weighted by Crippen LogP contribution is -2.11. The molecule has 0 bridgehead atoms. The molecule has 0 aliphatic rings. The zero-order chi connectivity index (χ0) is 25.2. The molecule has 0 unspecified atom stereocenters. The predicted octanol–water partition coefficient (Wildman–Crippen LogP) is 5.05. The number of allylic oxidation sites excluding steroid dienone is 1. The molecule has 0 spiro atoms. The van der Waals surface area contributed by atoms with Crippen LogP contribution in [0.2, 0.25) is 0 Å². The van der Waals surface area contributed by atoms with Crippen molar-refractivity contribution in [2.24, 2.45) is 5.14 Å². The molecule has 176 valence electrons. The Morgan fingerprint density at radius 1 is 1.09 bits per heavy atom. The van der Waals surface area contributed by atoms with Gasteiger partial charge in [0.05, 0.1) is 10.5 Å². The van der Waals surface area contributed by atoms with Gasteiger partial charge in [-0.05, 0) is 43.3 Å². The summed E-state index contributed by atoms with van der Waals surface area (Å²) >= 11 is 1.20. The summed E-state index contributed by atoms with van der Waals surface area (Å²) in [4.78, 5) is 16.4. The minimum Gasteiger partial charge on any atom is -0.457 e. The van der Waals surface area contributed by atoms with E-state index in [-0.39, 0.29) is 16.4 Å². The second-order valence-electron chi connectivity index (χ2n) is 7.69. The number of sulfonamides is 1. The highest BCUT2D eigenvalue weighted by molar-refractivity contribution is 7.89. The molecule has 0 radical (unpaired) electrons. The van der Waals surface area contributed by atoms with E-state index in [1.807, 2.05) is 31.2 Å². The number of nitrogens with zero attached hydrogens (tertiary/aromatic N) is 2. The Hall–Kier alpha value is -4.04. The monoisotopic (exact) mass is 504 g/mol. The maximum absolute atomic E-state index is 11.7. The second-order valence-corrected chi connectivity index (χ2v) is 10.2. The number of thiazole rings is 1. The molecular formula is C25H20N4O4S2. The number of nitrogens with two attached hydrogens (primary N) is 1. The first-order valence-corrected chi connectivity index (χ1v) is 12.7. The third-order valence-electron chi connectivity index (χ3n) is 4.97. The SMILES string of the molecule is CC(=O)Nc1sc(/C(C#N)=C/c2ccc(-c3ccc(S(N)(=O)=O)cc3)o2)nc1-c1ccc(C)cc1. The fourth-order valence-corrected chi connectivity index (χ4v) is 4.78. The lowest BCUT2D eigenvalue weighted by molar-refractivity contribution is -0.114. The zero-order valence-corrected chi connectivity index (χ0v) is 20.4. The average Bonchev–Trinajstić information content (AvgIpc) is 3.44. The number of nitriles is 1. The molecule has 0 saturated heterocycles. The lowest BCUT2D eigenvalue weighted by atomic mass is 10.1. The number of benzene rings is 2. The van der Waals surface area contributed by atoms with Crippen LogP contribution in [0.15, 0.2) is 70.0 Å². The van der Waals surface area contributed by atoms with E-state index in [0.29, 0.717) is 32.8 Å². The number of hydrogen-bond acceptors (Lipinski definition) is 7. The molecule has 10 heteroatoms. The van der Waals surface area contributed by atoms with Crippen LogP contribution >= 0.6 is 11.3 Å². The Labute approximate surface area is 206 Å². The van der Waals surface area contributed by atoms with Gasteiger partial charge < -0.3 is 9.73 Å². The molecule has 4 rings (SSSR count). The third kappa shape index (κ3) is 5.55. The Bertz CT molecular complexity index is 1570. The number of furan rings is 1. The zero-order valence-electron chi connectivity index (χ0n) is 18.8. The van der Waals surface area contributed by atoms with Gasteiger partial charge in [0, 0.05) is 24.1 Å². The molecule has 4 aromatic rings. The number of aromatic nitrogens is 1. The summed E-state index contributed by atoms with van der Waals surface area (Å²) in [5.41, 5.74) is 3.42. The summed E-state index contributed by atoms with van der Waals surface area (Å²) in [5, 5.41) is 18.7. The normalized spacial score (nSPS) is 11.8. The summed E-state index contributed by atoms with van der Waals surface area (Å²) in [6.07, 6.45) is 1.57. The van der Waals surface area contributed by atoms with Crippen molar-refractivity contribution in [3.05, 3.63) is 77.0 Å². The quantitative estimate of drug-likeness (QED) is 0.352. The molecule has 0 aliphatic heterocycles. The highest BCUT2D eigenvalue weighted by atomic mass is 32.2. The van der Waals surface area contributed by atoms with Crippen LogP contribution in [0.25, 0.3) is 34.2 Å². The molecule has 1 amide bonds. The van der Waals surface area contributed by atoms with E-state index in [1.54, 1.807) is 30.3 Å². The molecule has 0 saturated carbocycles. The molecule has 0 atom stereocenters. The van der Waals surface area contributed by atoms with Crippen molar-refractivity contribution in [2.75, 3.05) is 5.32 Å². The fourth-order valence-electron chi connectivity index (χ4n) is 3.27. The summed E-state index contributed by atoms with van der Waals surface area (Å²) in [7, 11) is -3.79. The Balaban J connectivity index is 1.68. The van der Waals surface area contributed by atoms with Gasteiger partial charge in [0.1, 0.15) is 33.3 Å². The van der Waals surface area contributed by atoms with E-state index < -0.39 is 10.0 Å². The van der Waals surface area contributed by atoms with E-state index in [0.717, 1.165) is 11.1 Å². The van der Waals surface area contributed by atoms with Crippen LogP contribution in [-0.4, -0.2) is 19.3 Å². The van der Waals surface area contributed by atoms with Crippen LogP contribution in [0.5, 0.6) is 0 Å². The van der Waals surface area contributed by atoms with Crippen molar-refractivity contribution < 1.29 is 17.6 Å². The molecule has 2 aromatic carbocycles. The van der Waals surface area contributed by atoms with Crippen molar-refractivity contribution in [2.45, 2.75) is 18.7 Å². The van der Waals surface area contributed by atoms with E-state index in [2.05, 4.69) is 16.4 Å². The van der Waals surface area contributed by atoms with E-state index in [9.17, 15) is 18.5 Å². The molecule has 0 aliphatic carbocycles. The average molecular weight is 505 g/mol. The summed E-state index contributed by atoms with van der Waals surface area (Å²) < 4.78 is 28.8. The topological polar surface area (TPSA) is 139 Å². The van der Waals surface area contributed by atoms with Gasteiger partial charge >= 0.3 is 0 Å². The van der Waals surface area contributed by atoms with Crippen molar-refractivity contribution in [3.63, 3.8) is 0 Å². The van der Waals surface area contributed by atoms with Gasteiger partial charge in [-0.2, -0.15) is 5.26 Å². The van der Waals surface area contributed by atoms with Gasteiger partial charge in [0.15, 0.2) is 0 Å². The number of carbonyl (C=O) groups excluding carboxylic acids is 1. The Morgan fingerprint density at radius 3 is 2.34 bits per heavy atom. The first-order valence-electron chi connectivity index (χ1n) is 10.3. The summed E-state index contributed by atoms with van der Waals surface area (Å²) in [6.45, 7) is 3.40. The first kappa shape index (κ1) is 24.1. The number of carbonyl (C=O) groups is 1. The van der Waals surface area contributed by atoms with Crippen LogP contribution < -0.4 is 10.5 Å². The van der Waals surface area contributed by atoms with Crippen molar-refractivity contribution in [1.82, 2.24) is 4.98 Å². The van der Waals surface area contributed by atoms with Gasteiger partial charge in [-0.15, -0.1) is 0 Å². The standard InChI is InChI=1S/C25H20N4O4S2/c1-15-3-5-18(6-4-15)23-25(28-16(2)30)34-24(29-23)19(14-26)13-20-9-12-22(33-20)17-7-10-21(11-8-17)35(27,31)32/h3-13H,1-2H3,(H,28,30)(H2,27,31,32)/b19-13+. The predicted molar refractivity (Wildman–Crippen MR) is 136 cm³/mol. The van der Waals surface area contributed by atoms with E-state index >= 15 is 0 Å². The lowest BCUT2D eigenvalue weighted by Gasteiger charge is -2.03. The minimum atomic E-state index is -3.79. The molecule has 2 heterocycles. The van der Waals surface area contributed by atoms with Crippen molar-refractivity contribution >= 4 is 43.9 Å². The molecule has 8 nitrogen and oxygen atoms in total. The third-order valence-corrected chi connectivity index (χ3v) is 6.91. The maximum atomic E-state index is 11.7.